The van der Waals surface area contributed by atoms with Crippen molar-refractivity contribution in [3.05, 3.63) is 0 Å². The van der Waals surface area contributed by atoms with Crippen LogP contribution in [-0.2, 0) is 0 Å². The maximum atomic E-state index is 10.1. The van der Waals surface area contributed by atoms with Gasteiger partial charge in [-0.05, 0) is 79.4 Å². The number of hydrogen-bond donors (Lipinski definition) is 1. The van der Waals surface area contributed by atoms with E-state index in [0.717, 1.165) is 36.1 Å². The Bertz CT molecular complexity index is 518. The van der Waals surface area contributed by atoms with Crippen LogP contribution in [-0.4, -0.2) is 34.7 Å². The van der Waals surface area contributed by atoms with Gasteiger partial charge in [-0.2, -0.15) is 0 Å². The molecule has 1 spiro atoms. The number of aliphatic hydroxyl groups is 1. The molecule has 8 atom stereocenters. The summed E-state index contributed by atoms with van der Waals surface area (Å²) in [5.74, 6) is 3.42. The second-order valence-corrected chi connectivity index (χ2v) is 10.3. The average molecular weight is 318 g/mol. The predicted octanol–water partition coefficient (Wildman–Crippen LogP) is 4.07. The van der Waals surface area contributed by atoms with Gasteiger partial charge in [0, 0.05) is 24.7 Å². The molecular formula is C21H35NO. The summed E-state index contributed by atoms with van der Waals surface area (Å²) in [6, 6.07) is 0.773. The Kier molecular flexibility index (Phi) is 3.01. The van der Waals surface area contributed by atoms with Crippen LogP contribution in [0.3, 0.4) is 0 Å². The lowest BCUT2D eigenvalue weighted by Gasteiger charge is -2.67. The maximum Gasteiger partial charge on any atom is 0.0437 e. The third kappa shape index (κ3) is 1.43. The molecule has 0 radical (unpaired) electrons. The zero-order valence-corrected chi connectivity index (χ0v) is 15.4. The van der Waals surface area contributed by atoms with Crippen LogP contribution in [0.15, 0.2) is 0 Å². The van der Waals surface area contributed by atoms with Crippen LogP contribution in [0.5, 0.6) is 0 Å². The summed E-state index contributed by atoms with van der Waals surface area (Å²) in [6.45, 7) is 9.37. The van der Waals surface area contributed by atoms with Crippen molar-refractivity contribution in [2.45, 2.75) is 83.7 Å². The minimum Gasteiger partial charge on any atom is -0.396 e. The van der Waals surface area contributed by atoms with Crippen LogP contribution in [0.2, 0.25) is 0 Å². The third-order valence-electron chi connectivity index (χ3n) is 9.90. The normalized spacial score (nSPS) is 59.6. The standard InChI is InChI=1S/C21H35NO/c1-14(2)16-7-9-19(3)15-6-10-20-8-4-5-17(20)21(19,11-12-23)18(16)22(20)13-15/h14-18,23H,4-13H2,1-3H3/t15-,16+,17+,18-,19-,20+,21-/m0/s1. The summed E-state index contributed by atoms with van der Waals surface area (Å²) < 4.78 is 0. The van der Waals surface area contributed by atoms with E-state index < -0.39 is 0 Å². The Morgan fingerprint density at radius 2 is 1.96 bits per heavy atom. The molecule has 5 fully saturated rings. The van der Waals surface area contributed by atoms with Crippen molar-refractivity contribution >= 4 is 0 Å². The Morgan fingerprint density at radius 3 is 2.70 bits per heavy atom. The van der Waals surface area contributed by atoms with Gasteiger partial charge in [0.25, 0.3) is 0 Å². The minimum atomic E-state index is 0.407. The summed E-state index contributed by atoms with van der Waals surface area (Å²) in [5.41, 5.74) is 1.45. The third-order valence-corrected chi connectivity index (χ3v) is 9.90. The second-order valence-electron chi connectivity index (χ2n) is 10.3. The van der Waals surface area contributed by atoms with E-state index in [1.54, 1.807) is 0 Å². The molecule has 2 nitrogen and oxygen atoms in total. The van der Waals surface area contributed by atoms with Crippen LogP contribution in [0.1, 0.15) is 72.1 Å². The second kappa shape index (κ2) is 4.55. The number of nitrogens with zero attached hydrogens (tertiary/aromatic N) is 1. The molecule has 0 aromatic rings. The smallest absolute Gasteiger partial charge is 0.0437 e. The van der Waals surface area contributed by atoms with Crippen molar-refractivity contribution in [3.63, 3.8) is 0 Å². The van der Waals surface area contributed by atoms with E-state index in [0.29, 0.717) is 23.0 Å². The predicted molar refractivity (Wildman–Crippen MR) is 93.1 cm³/mol. The zero-order valence-electron chi connectivity index (χ0n) is 15.4. The molecule has 0 aromatic heterocycles. The first kappa shape index (κ1) is 15.2. The average Bonchev–Trinajstić information content (AvgIpc) is 2.98. The van der Waals surface area contributed by atoms with Gasteiger partial charge in [-0.3, -0.25) is 4.90 Å². The highest BCUT2D eigenvalue weighted by atomic mass is 16.3. The number of piperidine rings is 2. The molecule has 2 aliphatic carbocycles. The molecule has 3 saturated heterocycles. The molecule has 3 aliphatic heterocycles. The van der Waals surface area contributed by atoms with E-state index in [2.05, 4.69) is 25.7 Å². The highest BCUT2D eigenvalue weighted by Crippen LogP contribution is 2.78. The van der Waals surface area contributed by atoms with Gasteiger partial charge in [0.1, 0.15) is 0 Å². The molecule has 5 aliphatic rings. The molecule has 5 bridgehead atoms. The van der Waals surface area contributed by atoms with Crippen LogP contribution >= 0.6 is 0 Å². The molecule has 1 unspecified atom stereocenters. The molecule has 3 heterocycles. The summed E-state index contributed by atoms with van der Waals surface area (Å²) in [6.07, 6.45) is 11.2. The molecule has 130 valence electrons. The summed E-state index contributed by atoms with van der Waals surface area (Å²) >= 11 is 0. The summed E-state index contributed by atoms with van der Waals surface area (Å²) in [4.78, 5) is 3.07. The van der Waals surface area contributed by atoms with Crippen LogP contribution in [0, 0.1) is 34.5 Å². The number of hydrogen-bond acceptors (Lipinski definition) is 2. The van der Waals surface area contributed by atoms with E-state index in [1.807, 2.05) is 0 Å². The van der Waals surface area contributed by atoms with Gasteiger partial charge < -0.3 is 5.11 Å². The van der Waals surface area contributed by atoms with E-state index >= 15 is 0 Å². The number of aliphatic hydroxyl groups excluding tert-OH is 1. The molecule has 23 heavy (non-hydrogen) atoms. The van der Waals surface area contributed by atoms with Crippen molar-refractivity contribution in [2.24, 2.45) is 34.5 Å². The van der Waals surface area contributed by atoms with Crippen molar-refractivity contribution in [1.29, 1.82) is 0 Å². The quantitative estimate of drug-likeness (QED) is 0.848. The van der Waals surface area contributed by atoms with Crippen LogP contribution in [0.25, 0.3) is 0 Å². The van der Waals surface area contributed by atoms with Crippen LogP contribution < -0.4 is 0 Å². The lowest BCUT2D eigenvalue weighted by Crippen LogP contribution is -2.68. The zero-order chi connectivity index (χ0) is 16.0. The van der Waals surface area contributed by atoms with Gasteiger partial charge in [0.05, 0.1) is 0 Å². The Hall–Kier alpha value is -0.0800. The first-order chi connectivity index (χ1) is 11.0. The van der Waals surface area contributed by atoms with Gasteiger partial charge in [-0.15, -0.1) is 0 Å². The van der Waals surface area contributed by atoms with E-state index in [-0.39, 0.29) is 0 Å². The summed E-state index contributed by atoms with van der Waals surface area (Å²) in [7, 11) is 0. The molecule has 2 heteroatoms. The highest BCUT2D eigenvalue weighted by molar-refractivity contribution is 5.30. The van der Waals surface area contributed by atoms with Crippen molar-refractivity contribution in [3.8, 4) is 0 Å². The van der Waals surface area contributed by atoms with Crippen LogP contribution in [0.4, 0.5) is 0 Å². The Morgan fingerprint density at radius 1 is 1.13 bits per heavy atom. The van der Waals surface area contributed by atoms with Gasteiger partial charge in [-0.1, -0.05) is 27.2 Å². The molecule has 2 saturated carbocycles. The van der Waals surface area contributed by atoms with E-state index in [9.17, 15) is 5.11 Å². The van der Waals surface area contributed by atoms with Gasteiger partial charge in [0.15, 0.2) is 0 Å². The fourth-order valence-corrected chi connectivity index (χ4v) is 9.19. The maximum absolute atomic E-state index is 10.1. The monoisotopic (exact) mass is 317 g/mol. The highest BCUT2D eigenvalue weighted by Gasteiger charge is 2.79. The number of rotatable bonds is 3. The Balaban J connectivity index is 1.75. The summed E-state index contributed by atoms with van der Waals surface area (Å²) in [5, 5.41) is 10.1. The number of fused-ring (bicyclic) bond motifs is 2. The van der Waals surface area contributed by atoms with Gasteiger partial charge in [0.2, 0.25) is 0 Å². The lowest BCUT2D eigenvalue weighted by molar-refractivity contribution is -0.184. The molecule has 5 rings (SSSR count). The first-order valence-electron chi connectivity index (χ1n) is 10.4. The van der Waals surface area contributed by atoms with Crippen molar-refractivity contribution < 1.29 is 5.11 Å². The molecule has 0 amide bonds. The Labute approximate surface area is 142 Å². The fourth-order valence-electron chi connectivity index (χ4n) is 9.19. The topological polar surface area (TPSA) is 23.5 Å². The SMILES string of the molecule is CC(C)[C@H]1CC[C@@]2(C)[C@H]3CC[C@]45CCC[C@H]4[C@@]2(CCO)[C@H]1N5C3. The van der Waals surface area contributed by atoms with E-state index in [4.69, 9.17) is 0 Å². The largest absolute Gasteiger partial charge is 0.396 e. The van der Waals surface area contributed by atoms with E-state index in [1.165, 1.54) is 51.5 Å². The van der Waals surface area contributed by atoms with Gasteiger partial charge in [-0.25, -0.2) is 0 Å². The first-order valence-corrected chi connectivity index (χ1v) is 10.4. The van der Waals surface area contributed by atoms with Crippen molar-refractivity contribution in [2.75, 3.05) is 13.2 Å². The molecular weight excluding hydrogens is 282 g/mol. The lowest BCUT2D eigenvalue weighted by atomic mass is 9.42. The fraction of sp³-hybridized carbons (Fsp3) is 1.00. The molecule has 1 N–H and O–H groups in total. The van der Waals surface area contributed by atoms with Crippen molar-refractivity contribution in [1.82, 2.24) is 4.90 Å². The van der Waals surface area contributed by atoms with Gasteiger partial charge >= 0.3 is 0 Å². The minimum absolute atomic E-state index is 0.407. The molecule has 0 aromatic carbocycles.